The summed E-state index contributed by atoms with van der Waals surface area (Å²) in [4.78, 5) is 0. The zero-order valence-corrected chi connectivity index (χ0v) is 15.0. The maximum Gasteiger partial charge on any atom is 0.120 e. The van der Waals surface area contributed by atoms with Gasteiger partial charge in [-0.2, -0.15) is 0 Å². The SMILES string of the molecule is CNC(c1cc(Cl)cc(Br)c1)c1ccc(OC)cc1Br. The number of ether oxygens (including phenoxy) is 1. The van der Waals surface area contributed by atoms with E-state index in [0.29, 0.717) is 5.02 Å². The van der Waals surface area contributed by atoms with E-state index in [1.54, 1.807) is 7.11 Å². The minimum absolute atomic E-state index is 0.0466. The van der Waals surface area contributed by atoms with Gasteiger partial charge < -0.3 is 10.1 Å². The van der Waals surface area contributed by atoms with Crippen LogP contribution in [0.5, 0.6) is 5.75 Å². The molecule has 2 aromatic carbocycles. The summed E-state index contributed by atoms with van der Waals surface area (Å²) in [5.41, 5.74) is 2.22. The lowest BCUT2D eigenvalue weighted by atomic mass is 9.99. The molecule has 0 amide bonds. The van der Waals surface area contributed by atoms with E-state index in [1.807, 2.05) is 37.4 Å². The van der Waals surface area contributed by atoms with Crippen molar-refractivity contribution in [3.63, 3.8) is 0 Å². The molecule has 106 valence electrons. The average molecular weight is 420 g/mol. The molecule has 0 saturated carbocycles. The van der Waals surface area contributed by atoms with Gasteiger partial charge in [-0.3, -0.25) is 0 Å². The lowest BCUT2D eigenvalue weighted by Gasteiger charge is -2.20. The third kappa shape index (κ3) is 3.55. The summed E-state index contributed by atoms with van der Waals surface area (Å²) in [6, 6.07) is 11.9. The first-order valence-corrected chi connectivity index (χ1v) is 7.98. The van der Waals surface area contributed by atoms with E-state index in [1.165, 1.54) is 0 Å². The molecule has 20 heavy (non-hydrogen) atoms. The van der Waals surface area contributed by atoms with Gasteiger partial charge >= 0.3 is 0 Å². The van der Waals surface area contributed by atoms with Crippen LogP contribution in [0.25, 0.3) is 0 Å². The van der Waals surface area contributed by atoms with Gasteiger partial charge in [0, 0.05) is 14.0 Å². The second-order valence-corrected chi connectivity index (χ2v) is 6.52. The maximum absolute atomic E-state index is 6.14. The highest BCUT2D eigenvalue weighted by Gasteiger charge is 2.16. The van der Waals surface area contributed by atoms with Crippen molar-refractivity contribution in [2.45, 2.75) is 6.04 Å². The first-order valence-electron chi connectivity index (χ1n) is 6.02. The van der Waals surface area contributed by atoms with Gasteiger partial charge in [0.05, 0.1) is 13.2 Å². The molecule has 2 nitrogen and oxygen atoms in total. The Kier molecular flexibility index (Phi) is 5.49. The summed E-state index contributed by atoms with van der Waals surface area (Å²) in [5, 5.41) is 4.02. The van der Waals surface area contributed by atoms with Crippen LogP contribution in [0, 0.1) is 0 Å². The molecular formula is C15H14Br2ClNO. The summed E-state index contributed by atoms with van der Waals surface area (Å²) in [5.74, 6) is 0.822. The molecule has 0 radical (unpaired) electrons. The normalized spacial score (nSPS) is 12.2. The molecule has 0 aliphatic rings. The van der Waals surface area contributed by atoms with Crippen LogP contribution in [0.15, 0.2) is 45.3 Å². The summed E-state index contributed by atoms with van der Waals surface area (Å²) >= 11 is 13.2. The molecular weight excluding hydrogens is 405 g/mol. The molecule has 0 fully saturated rings. The Morgan fingerprint density at radius 3 is 2.45 bits per heavy atom. The number of methoxy groups -OCH3 is 1. The van der Waals surface area contributed by atoms with Crippen LogP contribution >= 0.6 is 43.5 Å². The van der Waals surface area contributed by atoms with E-state index in [4.69, 9.17) is 16.3 Å². The molecule has 1 atom stereocenters. The van der Waals surface area contributed by atoms with Crippen LogP contribution in [0.3, 0.4) is 0 Å². The van der Waals surface area contributed by atoms with E-state index in [0.717, 1.165) is 25.8 Å². The van der Waals surface area contributed by atoms with E-state index >= 15 is 0 Å². The minimum Gasteiger partial charge on any atom is -0.497 e. The molecule has 5 heteroatoms. The lowest BCUT2D eigenvalue weighted by molar-refractivity contribution is 0.414. The summed E-state index contributed by atoms with van der Waals surface area (Å²) in [6.07, 6.45) is 0. The number of hydrogen-bond donors (Lipinski definition) is 1. The van der Waals surface area contributed by atoms with Crippen molar-refractivity contribution < 1.29 is 4.74 Å². The third-order valence-corrected chi connectivity index (χ3v) is 4.39. The van der Waals surface area contributed by atoms with Gasteiger partial charge in [0.2, 0.25) is 0 Å². The number of halogens is 3. The average Bonchev–Trinajstić information content (AvgIpc) is 2.40. The van der Waals surface area contributed by atoms with Gasteiger partial charge in [0.25, 0.3) is 0 Å². The Balaban J connectivity index is 2.46. The van der Waals surface area contributed by atoms with Crippen LogP contribution in [0.2, 0.25) is 5.02 Å². The molecule has 0 bridgehead atoms. The lowest BCUT2D eigenvalue weighted by Crippen LogP contribution is -2.18. The van der Waals surface area contributed by atoms with E-state index < -0.39 is 0 Å². The molecule has 2 aromatic rings. The van der Waals surface area contributed by atoms with Crippen LogP contribution < -0.4 is 10.1 Å². The molecule has 1 N–H and O–H groups in total. The zero-order chi connectivity index (χ0) is 14.7. The van der Waals surface area contributed by atoms with Crippen molar-refractivity contribution in [2.75, 3.05) is 14.2 Å². The Bertz CT molecular complexity index is 599. The topological polar surface area (TPSA) is 21.3 Å². The highest BCUT2D eigenvalue weighted by Crippen LogP contribution is 2.33. The predicted octanol–water partition coefficient (Wildman–Crippen LogP) is 5.18. The summed E-state index contributed by atoms with van der Waals surface area (Å²) in [6.45, 7) is 0. The highest BCUT2D eigenvalue weighted by molar-refractivity contribution is 9.10. The van der Waals surface area contributed by atoms with Crippen molar-refractivity contribution in [2.24, 2.45) is 0 Å². The second-order valence-electron chi connectivity index (χ2n) is 4.31. The molecule has 0 spiro atoms. The fraction of sp³-hybridized carbons (Fsp3) is 0.200. The molecule has 0 aliphatic heterocycles. The first-order chi connectivity index (χ1) is 9.55. The predicted molar refractivity (Wildman–Crippen MR) is 90.7 cm³/mol. The zero-order valence-electron chi connectivity index (χ0n) is 11.1. The Labute approximate surface area is 140 Å². The number of hydrogen-bond acceptors (Lipinski definition) is 2. The standard InChI is InChI=1S/C15H14Br2ClNO/c1-19-15(9-5-10(16)7-11(18)6-9)13-4-3-12(20-2)8-14(13)17/h3-8,15,19H,1-2H3. The minimum atomic E-state index is 0.0466. The third-order valence-electron chi connectivity index (χ3n) is 3.03. The smallest absolute Gasteiger partial charge is 0.120 e. The van der Waals surface area contributed by atoms with Crippen molar-refractivity contribution in [3.05, 3.63) is 61.5 Å². The van der Waals surface area contributed by atoms with Gasteiger partial charge in [-0.25, -0.2) is 0 Å². The van der Waals surface area contributed by atoms with E-state index in [9.17, 15) is 0 Å². The van der Waals surface area contributed by atoms with Crippen LogP contribution in [0.1, 0.15) is 17.2 Å². The summed E-state index contributed by atoms with van der Waals surface area (Å²) in [7, 11) is 3.58. The van der Waals surface area contributed by atoms with E-state index in [2.05, 4.69) is 43.2 Å². The Morgan fingerprint density at radius 2 is 1.90 bits per heavy atom. The van der Waals surface area contributed by atoms with Gasteiger partial charge in [0.1, 0.15) is 5.75 Å². The van der Waals surface area contributed by atoms with Crippen LogP contribution in [-0.4, -0.2) is 14.2 Å². The van der Waals surface area contributed by atoms with Crippen LogP contribution in [-0.2, 0) is 0 Å². The molecule has 0 aliphatic carbocycles. The largest absolute Gasteiger partial charge is 0.497 e. The van der Waals surface area contributed by atoms with Crippen molar-refractivity contribution in [1.29, 1.82) is 0 Å². The monoisotopic (exact) mass is 417 g/mol. The molecule has 1 unspecified atom stereocenters. The fourth-order valence-electron chi connectivity index (χ4n) is 2.11. The van der Waals surface area contributed by atoms with Gasteiger partial charge in [-0.15, -0.1) is 0 Å². The molecule has 2 rings (SSSR count). The summed E-state index contributed by atoms with van der Waals surface area (Å²) < 4.78 is 7.18. The Morgan fingerprint density at radius 1 is 1.15 bits per heavy atom. The number of nitrogens with one attached hydrogen (secondary N) is 1. The Hall–Kier alpha value is -0.550. The second kappa shape index (κ2) is 6.94. The maximum atomic E-state index is 6.14. The van der Waals surface area contributed by atoms with Gasteiger partial charge in [-0.1, -0.05) is 49.5 Å². The number of benzene rings is 2. The van der Waals surface area contributed by atoms with Crippen molar-refractivity contribution >= 4 is 43.5 Å². The molecule has 0 saturated heterocycles. The highest BCUT2D eigenvalue weighted by atomic mass is 79.9. The van der Waals surface area contributed by atoms with Gasteiger partial charge in [0.15, 0.2) is 0 Å². The van der Waals surface area contributed by atoms with Crippen molar-refractivity contribution in [1.82, 2.24) is 5.32 Å². The van der Waals surface area contributed by atoms with Gasteiger partial charge in [-0.05, 0) is 48.5 Å². The first kappa shape index (κ1) is 15.8. The van der Waals surface area contributed by atoms with Crippen molar-refractivity contribution in [3.8, 4) is 5.75 Å². The molecule has 0 heterocycles. The quantitative estimate of drug-likeness (QED) is 0.737. The van der Waals surface area contributed by atoms with Crippen LogP contribution in [0.4, 0.5) is 0 Å². The number of rotatable bonds is 4. The fourth-order valence-corrected chi connectivity index (χ4v) is 3.59. The molecule has 0 aromatic heterocycles. The van der Waals surface area contributed by atoms with E-state index in [-0.39, 0.29) is 6.04 Å².